The highest BCUT2D eigenvalue weighted by Crippen LogP contribution is 2.35. The maximum absolute atomic E-state index is 6.22. The summed E-state index contributed by atoms with van der Waals surface area (Å²) in [6.45, 7) is 0. The summed E-state index contributed by atoms with van der Waals surface area (Å²) in [5, 5.41) is 6.13. The van der Waals surface area contributed by atoms with Crippen LogP contribution in [-0.2, 0) is 7.05 Å². The molecular formula is C10H12BrN3OS. The van der Waals surface area contributed by atoms with E-state index in [0.717, 1.165) is 20.8 Å². The molecule has 1 unspecified atom stereocenters. The van der Waals surface area contributed by atoms with Gasteiger partial charge >= 0.3 is 0 Å². The number of nitrogens with two attached hydrogens (primary N) is 1. The second kappa shape index (κ2) is 4.57. The van der Waals surface area contributed by atoms with E-state index in [1.807, 2.05) is 18.5 Å². The van der Waals surface area contributed by atoms with Crippen LogP contribution in [0.15, 0.2) is 22.1 Å². The van der Waals surface area contributed by atoms with E-state index in [1.165, 1.54) is 0 Å². The van der Waals surface area contributed by atoms with E-state index < -0.39 is 0 Å². The lowest BCUT2D eigenvalue weighted by atomic mass is 10.2. The predicted octanol–water partition coefficient (Wildman–Crippen LogP) is 2.30. The van der Waals surface area contributed by atoms with E-state index in [2.05, 4.69) is 21.0 Å². The second-order valence-corrected chi connectivity index (χ2v) is 5.13. The van der Waals surface area contributed by atoms with Crippen LogP contribution in [0.5, 0.6) is 5.75 Å². The number of ether oxygens (including phenoxy) is 1. The van der Waals surface area contributed by atoms with Gasteiger partial charge in [-0.3, -0.25) is 4.68 Å². The first-order valence-electron chi connectivity index (χ1n) is 4.69. The Bertz CT molecular complexity index is 474. The van der Waals surface area contributed by atoms with Gasteiger partial charge < -0.3 is 10.5 Å². The van der Waals surface area contributed by atoms with E-state index >= 15 is 0 Å². The van der Waals surface area contributed by atoms with Crippen molar-refractivity contribution in [2.75, 3.05) is 7.11 Å². The molecule has 4 nitrogen and oxygen atoms in total. The lowest BCUT2D eigenvalue weighted by molar-refractivity contribution is 0.410. The summed E-state index contributed by atoms with van der Waals surface area (Å²) >= 11 is 5.04. The van der Waals surface area contributed by atoms with Gasteiger partial charge in [-0.1, -0.05) is 0 Å². The predicted molar refractivity (Wildman–Crippen MR) is 67.8 cm³/mol. The summed E-state index contributed by atoms with van der Waals surface area (Å²) in [5.41, 5.74) is 7.17. The molecule has 0 spiro atoms. The average molecular weight is 302 g/mol. The first kappa shape index (κ1) is 11.6. The standard InChI is InChI=1S/C10H12BrN3OS/c1-14-9(6(11)5-13-14)8(12)10-7(15-2)3-4-16-10/h3-5,8H,12H2,1-2H3. The summed E-state index contributed by atoms with van der Waals surface area (Å²) in [7, 11) is 3.52. The fourth-order valence-electron chi connectivity index (χ4n) is 1.60. The first-order chi connectivity index (χ1) is 7.65. The van der Waals surface area contributed by atoms with Crippen LogP contribution in [-0.4, -0.2) is 16.9 Å². The number of hydrogen-bond acceptors (Lipinski definition) is 4. The fourth-order valence-corrected chi connectivity index (χ4v) is 3.06. The van der Waals surface area contributed by atoms with Crippen LogP contribution < -0.4 is 10.5 Å². The Morgan fingerprint density at radius 1 is 1.62 bits per heavy atom. The summed E-state index contributed by atoms with van der Waals surface area (Å²) in [6.07, 6.45) is 1.75. The zero-order valence-corrected chi connectivity index (χ0v) is 11.4. The number of thiophene rings is 1. The lowest BCUT2D eigenvalue weighted by Crippen LogP contribution is -2.16. The number of nitrogens with zero attached hydrogens (tertiary/aromatic N) is 2. The van der Waals surface area contributed by atoms with Crippen LogP contribution in [0.3, 0.4) is 0 Å². The highest BCUT2D eigenvalue weighted by atomic mass is 79.9. The Morgan fingerprint density at radius 3 is 2.94 bits per heavy atom. The number of halogens is 1. The van der Waals surface area contributed by atoms with Gasteiger partial charge in [0.2, 0.25) is 0 Å². The van der Waals surface area contributed by atoms with Gasteiger partial charge in [-0.2, -0.15) is 5.10 Å². The van der Waals surface area contributed by atoms with Gasteiger partial charge in [-0.15, -0.1) is 11.3 Å². The minimum Gasteiger partial charge on any atom is -0.496 e. The normalized spacial score (nSPS) is 12.8. The number of aromatic nitrogens is 2. The fraction of sp³-hybridized carbons (Fsp3) is 0.300. The molecule has 0 fully saturated rings. The van der Waals surface area contributed by atoms with Gasteiger partial charge in [0.1, 0.15) is 5.75 Å². The molecule has 2 rings (SSSR count). The van der Waals surface area contributed by atoms with E-state index in [1.54, 1.807) is 29.3 Å². The zero-order chi connectivity index (χ0) is 11.7. The smallest absolute Gasteiger partial charge is 0.134 e. The minimum absolute atomic E-state index is 0.225. The zero-order valence-electron chi connectivity index (χ0n) is 8.98. The SMILES string of the molecule is COc1ccsc1C(N)c1c(Br)cnn1C. The molecule has 0 saturated carbocycles. The van der Waals surface area contributed by atoms with Gasteiger partial charge in [0.25, 0.3) is 0 Å². The molecule has 1 atom stereocenters. The van der Waals surface area contributed by atoms with Crippen LogP contribution >= 0.6 is 27.3 Å². The topological polar surface area (TPSA) is 53.1 Å². The molecule has 86 valence electrons. The minimum atomic E-state index is -0.225. The summed E-state index contributed by atoms with van der Waals surface area (Å²) in [5.74, 6) is 0.825. The molecule has 2 N–H and O–H groups in total. The number of rotatable bonds is 3. The molecule has 2 aromatic heterocycles. The van der Waals surface area contributed by atoms with Crippen molar-refractivity contribution in [2.45, 2.75) is 6.04 Å². The maximum atomic E-state index is 6.22. The summed E-state index contributed by atoms with van der Waals surface area (Å²) in [4.78, 5) is 1.01. The molecule has 0 aromatic carbocycles. The van der Waals surface area contributed by atoms with Crippen LogP contribution in [0.2, 0.25) is 0 Å². The highest BCUT2D eigenvalue weighted by Gasteiger charge is 2.21. The molecule has 0 aliphatic rings. The molecule has 2 aromatic rings. The van der Waals surface area contributed by atoms with Crippen LogP contribution in [0, 0.1) is 0 Å². The van der Waals surface area contributed by atoms with E-state index in [9.17, 15) is 0 Å². The molecule has 6 heteroatoms. The largest absolute Gasteiger partial charge is 0.496 e. The Hall–Kier alpha value is -0.850. The van der Waals surface area contributed by atoms with Crippen LogP contribution in [0.25, 0.3) is 0 Å². The molecule has 0 saturated heterocycles. The molecular weight excluding hydrogens is 290 g/mol. The summed E-state index contributed by atoms with van der Waals surface area (Å²) < 4.78 is 7.96. The number of aryl methyl sites for hydroxylation is 1. The Balaban J connectivity index is 2.43. The molecule has 16 heavy (non-hydrogen) atoms. The molecule has 0 radical (unpaired) electrons. The van der Waals surface area contributed by atoms with Gasteiger partial charge in [-0.25, -0.2) is 0 Å². The Morgan fingerprint density at radius 2 is 2.38 bits per heavy atom. The third-order valence-electron chi connectivity index (χ3n) is 2.39. The van der Waals surface area contributed by atoms with Crippen molar-refractivity contribution in [1.82, 2.24) is 9.78 Å². The Kier molecular flexibility index (Phi) is 3.32. The quantitative estimate of drug-likeness (QED) is 0.946. The van der Waals surface area contributed by atoms with Crippen molar-refractivity contribution >= 4 is 27.3 Å². The van der Waals surface area contributed by atoms with Crippen LogP contribution in [0.1, 0.15) is 16.6 Å². The molecule has 0 amide bonds. The monoisotopic (exact) mass is 301 g/mol. The van der Waals surface area contributed by atoms with Crippen molar-refractivity contribution in [2.24, 2.45) is 12.8 Å². The van der Waals surface area contributed by atoms with Gasteiger partial charge in [0.05, 0.1) is 34.4 Å². The maximum Gasteiger partial charge on any atom is 0.134 e. The third-order valence-corrected chi connectivity index (χ3v) is 3.98. The first-order valence-corrected chi connectivity index (χ1v) is 6.36. The highest BCUT2D eigenvalue weighted by molar-refractivity contribution is 9.10. The van der Waals surface area contributed by atoms with Gasteiger partial charge in [0.15, 0.2) is 0 Å². The van der Waals surface area contributed by atoms with E-state index in [-0.39, 0.29) is 6.04 Å². The molecule has 0 aliphatic heterocycles. The Labute approximate surface area is 106 Å². The van der Waals surface area contributed by atoms with Crippen molar-refractivity contribution in [3.05, 3.63) is 32.7 Å². The molecule has 0 bridgehead atoms. The molecule has 0 aliphatic carbocycles. The van der Waals surface area contributed by atoms with Gasteiger partial charge in [0, 0.05) is 7.05 Å². The summed E-state index contributed by atoms with van der Waals surface area (Å²) in [6, 6.07) is 1.70. The second-order valence-electron chi connectivity index (χ2n) is 3.33. The van der Waals surface area contributed by atoms with E-state index in [4.69, 9.17) is 10.5 Å². The van der Waals surface area contributed by atoms with E-state index in [0.29, 0.717) is 0 Å². The number of methoxy groups -OCH3 is 1. The van der Waals surface area contributed by atoms with Crippen LogP contribution in [0.4, 0.5) is 0 Å². The van der Waals surface area contributed by atoms with Crippen molar-refractivity contribution < 1.29 is 4.74 Å². The van der Waals surface area contributed by atoms with Crippen molar-refractivity contribution in [3.8, 4) is 5.75 Å². The lowest BCUT2D eigenvalue weighted by Gasteiger charge is -2.13. The number of hydrogen-bond donors (Lipinski definition) is 1. The third kappa shape index (κ3) is 1.88. The average Bonchev–Trinajstić information content (AvgIpc) is 2.85. The van der Waals surface area contributed by atoms with Gasteiger partial charge in [-0.05, 0) is 27.4 Å². The van der Waals surface area contributed by atoms with Crippen molar-refractivity contribution in [3.63, 3.8) is 0 Å². The molecule has 2 heterocycles. The van der Waals surface area contributed by atoms with Crippen molar-refractivity contribution in [1.29, 1.82) is 0 Å².